The number of amides is 1. The van der Waals surface area contributed by atoms with E-state index in [1.807, 2.05) is 13.2 Å². The van der Waals surface area contributed by atoms with E-state index in [-0.39, 0.29) is 5.91 Å². The second-order valence-corrected chi connectivity index (χ2v) is 4.11. The van der Waals surface area contributed by atoms with Crippen LogP contribution in [0.5, 0.6) is 0 Å². The third-order valence-electron chi connectivity index (χ3n) is 1.46. The lowest BCUT2D eigenvalue weighted by Gasteiger charge is -2.20. The van der Waals surface area contributed by atoms with Gasteiger partial charge in [-0.1, -0.05) is 19.1 Å². The Morgan fingerprint density at radius 3 is 2.62 bits per heavy atom. The molecule has 0 aliphatic carbocycles. The Bertz CT molecular complexity index is 185. The molecule has 0 atom stereocenters. The van der Waals surface area contributed by atoms with Crippen LogP contribution < -0.4 is 5.73 Å². The number of thioether (sulfide) groups is 1. The largest absolute Gasteiger partial charge is 0.392 e. The highest BCUT2D eigenvalue weighted by Crippen LogP contribution is 1.99. The maximum Gasteiger partial charge on any atom is 0.232 e. The van der Waals surface area contributed by atoms with E-state index >= 15 is 0 Å². The Morgan fingerprint density at radius 2 is 2.23 bits per heavy atom. The quantitative estimate of drug-likeness (QED) is 0.675. The highest BCUT2D eigenvalue weighted by atomic mass is 32.2. The van der Waals surface area contributed by atoms with Crippen LogP contribution in [0.15, 0.2) is 0 Å². The van der Waals surface area contributed by atoms with Crippen LogP contribution in [0.25, 0.3) is 0 Å². The van der Waals surface area contributed by atoms with Crippen LogP contribution in [-0.4, -0.2) is 40.9 Å². The minimum absolute atomic E-state index is 0.113. The molecule has 0 aromatic heterocycles. The first kappa shape index (κ1) is 12.7. The summed E-state index contributed by atoms with van der Waals surface area (Å²) >= 11 is 6.28. The second kappa shape index (κ2) is 7.15. The molecule has 3 nitrogen and oxygen atoms in total. The van der Waals surface area contributed by atoms with Crippen LogP contribution in [0, 0.1) is 0 Å². The molecule has 5 heteroatoms. The average Bonchev–Trinajstić information content (AvgIpc) is 2.03. The SMILES string of the molecule is CCCN(CC(N)=S)C(=O)CSC. The van der Waals surface area contributed by atoms with Crippen LogP contribution >= 0.6 is 24.0 Å². The van der Waals surface area contributed by atoms with Crippen LogP contribution in [-0.2, 0) is 4.79 Å². The van der Waals surface area contributed by atoms with Gasteiger partial charge >= 0.3 is 0 Å². The van der Waals surface area contributed by atoms with Crippen molar-refractivity contribution >= 4 is 34.9 Å². The van der Waals surface area contributed by atoms with Crippen molar-refractivity contribution in [2.24, 2.45) is 5.73 Å². The van der Waals surface area contributed by atoms with Gasteiger partial charge in [-0.2, -0.15) is 11.8 Å². The zero-order chi connectivity index (χ0) is 10.3. The van der Waals surface area contributed by atoms with E-state index in [1.54, 1.807) is 4.90 Å². The molecule has 0 bridgehead atoms. The molecule has 0 radical (unpaired) electrons. The van der Waals surface area contributed by atoms with E-state index in [9.17, 15) is 4.79 Å². The summed E-state index contributed by atoms with van der Waals surface area (Å²) in [4.78, 5) is 13.5. The van der Waals surface area contributed by atoms with Crippen molar-refractivity contribution in [3.63, 3.8) is 0 Å². The summed E-state index contributed by atoms with van der Waals surface area (Å²) in [5, 5.41) is 0. The van der Waals surface area contributed by atoms with Crippen molar-refractivity contribution in [1.29, 1.82) is 0 Å². The van der Waals surface area contributed by atoms with Gasteiger partial charge in [0, 0.05) is 6.54 Å². The van der Waals surface area contributed by atoms with Crippen molar-refractivity contribution in [2.75, 3.05) is 25.1 Å². The van der Waals surface area contributed by atoms with Gasteiger partial charge in [-0.05, 0) is 12.7 Å². The first-order valence-corrected chi connectivity index (χ1v) is 5.97. The number of thiocarbonyl (C=S) groups is 1. The Kier molecular flexibility index (Phi) is 6.99. The molecule has 0 fully saturated rings. The number of hydrogen-bond acceptors (Lipinski definition) is 3. The van der Waals surface area contributed by atoms with Crippen LogP contribution in [0.3, 0.4) is 0 Å². The molecule has 13 heavy (non-hydrogen) atoms. The third kappa shape index (κ3) is 5.87. The highest BCUT2D eigenvalue weighted by Gasteiger charge is 2.11. The van der Waals surface area contributed by atoms with Gasteiger partial charge in [-0.15, -0.1) is 0 Å². The van der Waals surface area contributed by atoms with Crippen molar-refractivity contribution in [1.82, 2.24) is 4.90 Å². The summed E-state index contributed by atoms with van der Waals surface area (Å²) < 4.78 is 0. The molecule has 1 amide bonds. The number of carbonyl (C=O) groups excluding carboxylic acids is 1. The Hall–Kier alpha value is -0.290. The lowest BCUT2D eigenvalue weighted by molar-refractivity contribution is -0.127. The van der Waals surface area contributed by atoms with Gasteiger partial charge in [0.15, 0.2) is 0 Å². The van der Waals surface area contributed by atoms with Gasteiger partial charge in [0.1, 0.15) is 0 Å². The topological polar surface area (TPSA) is 46.3 Å². The maximum absolute atomic E-state index is 11.5. The van der Waals surface area contributed by atoms with Crippen LogP contribution in [0.1, 0.15) is 13.3 Å². The van der Waals surface area contributed by atoms with Gasteiger partial charge in [-0.3, -0.25) is 4.79 Å². The first-order valence-electron chi connectivity index (χ1n) is 4.16. The van der Waals surface area contributed by atoms with Crippen molar-refractivity contribution in [3.05, 3.63) is 0 Å². The maximum atomic E-state index is 11.5. The highest BCUT2D eigenvalue weighted by molar-refractivity contribution is 7.99. The van der Waals surface area contributed by atoms with Gasteiger partial charge in [-0.25, -0.2) is 0 Å². The number of nitrogens with two attached hydrogens (primary N) is 1. The summed E-state index contributed by atoms with van der Waals surface area (Å²) in [7, 11) is 0. The number of carbonyl (C=O) groups is 1. The van der Waals surface area contributed by atoms with E-state index in [4.69, 9.17) is 18.0 Å². The molecule has 0 heterocycles. The number of nitrogens with zero attached hydrogens (tertiary/aromatic N) is 1. The molecule has 0 spiro atoms. The van der Waals surface area contributed by atoms with Crippen LogP contribution in [0.2, 0.25) is 0 Å². The molecule has 76 valence electrons. The summed E-state index contributed by atoms with van der Waals surface area (Å²) in [6.07, 6.45) is 2.84. The summed E-state index contributed by atoms with van der Waals surface area (Å²) in [6.45, 7) is 3.16. The predicted octanol–water partition coefficient (Wildman–Crippen LogP) is 0.874. The zero-order valence-corrected chi connectivity index (χ0v) is 9.71. The van der Waals surface area contributed by atoms with Crippen LogP contribution in [0.4, 0.5) is 0 Å². The molecule has 0 aliphatic rings. The molecule has 2 N–H and O–H groups in total. The molecule has 0 saturated carbocycles. The van der Waals surface area contributed by atoms with Crippen molar-refractivity contribution in [3.8, 4) is 0 Å². The van der Waals surface area contributed by atoms with Gasteiger partial charge in [0.25, 0.3) is 0 Å². The molecule has 0 aromatic rings. The van der Waals surface area contributed by atoms with Gasteiger partial charge < -0.3 is 10.6 Å². The molecule has 0 aromatic carbocycles. The summed E-state index contributed by atoms with van der Waals surface area (Å²) in [6, 6.07) is 0. The van der Waals surface area contributed by atoms with E-state index in [0.717, 1.165) is 13.0 Å². The fraction of sp³-hybridized carbons (Fsp3) is 0.750. The van der Waals surface area contributed by atoms with E-state index in [2.05, 4.69) is 0 Å². The fourth-order valence-corrected chi connectivity index (χ4v) is 1.55. The van der Waals surface area contributed by atoms with E-state index in [0.29, 0.717) is 17.3 Å². The lowest BCUT2D eigenvalue weighted by Crippen LogP contribution is -2.39. The number of rotatable bonds is 6. The van der Waals surface area contributed by atoms with Gasteiger partial charge in [0.05, 0.1) is 17.3 Å². The molecule has 0 unspecified atom stereocenters. The Morgan fingerprint density at radius 1 is 1.62 bits per heavy atom. The molecular weight excluding hydrogens is 204 g/mol. The third-order valence-corrected chi connectivity index (χ3v) is 2.13. The number of hydrogen-bond donors (Lipinski definition) is 1. The monoisotopic (exact) mass is 220 g/mol. The smallest absolute Gasteiger partial charge is 0.232 e. The van der Waals surface area contributed by atoms with Gasteiger partial charge in [0.2, 0.25) is 5.91 Å². The molecule has 0 aliphatic heterocycles. The minimum Gasteiger partial charge on any atom is -0.392 e. The van der Waals surface area contributed by atoms with E-state index in [1.165, 1.54) is 11.8 Å². The average molecular weight is 220 g/mol. The minimum atomic E-state index is 0.113. The fourth-order valence-electron chi connectivity index (χ4n) is 0.965. The molecule has 0 rings (SSSR count). The summed E-state index contributed by atoms with van der Waals surface area (Å²) in [5.41, 5.74) is 5.39. The lowest BCUT2D eigenvalue weighted by atomic mass is 10.4. The normalized spacial score (nSPS) is 9.69. The van der Waals surface area contributed by atoms with Crippen molar-refractivity contribution in [2.45, 2.75) is 13.3 Å². The zero-order valence-electron chi connectivity index (χ0n) is 8.08. The summed E-state index contributed by atoms with van der Waals surface area (Å²) in [5.74, 6) is 0.616. The predicted molar refractivity (Wildman–Crippen MR) is 62.0 cm³/mol. The van der Waals surface area contributed by atoms with E-state index < -0.39 is 0 Å². The molecular formula is C8H16N2OS2. The Balaban J connectivity index is 4.06. The standard InChI is InChI=1S/C8H16N2OS2/c1-3-4-10(5-7(9)12)8(11)6-13-2/h3-6H2,1-2H3,(H2,9,12). The second-order valence-electron chi connectivity index (χ2n) is 2.71. The molecule has 0 saturated heterocycles. The Labute approximate surface area is 89.0 Å². The first-order chi connectivity index (χ1) is 6.11. The van der Waals surface area contributed by atoms with Crippen molar-refractivity contribution < 1.29 is 4.79 Å².